The van der Waals surface area contributed by atoms with Crippen molar-refractivity contribution in [3.05, 3.63) is 24.8 Å². The summed E-state index contributed by atoms with van der Waals surface area (Å²) < 4.78 is 9.97. The van der Waals surface area contributed by atoms with Crippen LogP contribution in [0.5, 0.6) is 0 Å². The highest BCUT2D eigenvalue weighted by Gasteiger charge is 2.54. The van der Waals surface area contributed by atoms with Gasteiger partial charge in [-0.15, -0.1) is 13.2 Å². The van der Waals surface area contributed by atoms with Gasteiger partial charge in [0.15, 0.2) is 0 Å². The zero-order valence-electron chi connectivity index (χ0n) is 15.3. The molecule has 1 amide bonds. The first-order chi connectivity index (χ1) is 11.6. The Morgan fingerprint density at radius 1 is 1.28 bits per heavy atom. The summed E-state index contributed by atoms with van der Waals surface area (Å²) >= 11 is 0. The van der Waals surface area contributed by atoms with Gasteiger partial charge in [-0.25, -0.2) is 9.59 Å². The third-order valence-electron chi connectivity index (χ3n) is 3.86. The number of methoxy groups -OCH3 is 1. The molecule has 0 aromatic heterocycles. The molecule has 2 unspecified atom stereocenters. The lowest BCUT2D eigenvalue weighted by Gasteiger charge is -2.25. The maximum Gasteiger partial charge on any atom is 0.334 e. The van der Waals surface area contributed by atoms with Gasteiger partial charge in [0.05, 0.1) is 19.1 Å². The van der Waals surface area contributed by atoms with Crippen LogP contribution in [-0.2, 0) is 23.9 Å². The fraction of sp³-hybridized carbons (Fsp3) is 0.611. The molecule has 2 atom stereocenters. The third kappa shape index (κ3) is 5.16. The minimum absolute atomic E-state index is 0.0979. The molecule has 1 fully saturated rings. The van der Waals surface area contributed by atoms with Gasteiger partial charge >= 0.3 is 11.9 Å². The Balaban J connectivity index is 0.00000151. The van der Waals surface area contributed by atoms with E-state index in [1.807, 2.05) is 0 Å². The van der Waals surface area contributed by atoms with Crippen LogP contribution in [0.15, 0.2) is 24.8 Å². The van der Waals surface area contributed by atoms with Crippen LogP contribution in [0.1, 0.15) is 40.0 Å². The topological polar surface area (TPSA) is 102 Å². The van der Waals surface area contributed by atoms with Gasteiger partial charge in [-0.3, -0.25) is 4.79 Å². The number of carbonyl (C=O) groups excluding carboxylic acids is 3. The minimum atomic E-state index is -1.01. The van der Waals surface area contributed by atoms with E-state index in [9.17, 15) is 19.5 Å². The lowest BCUT2D eigenvalue weighted by molar-refractivity contribution is -0.160. The highest BCUT2D eigenvalue weighted by atomic mass is 16.6. The van der Waals surface area contributed by atoms with Crippen molar-refractivity contribution >= 4 is 17.8 Å². The SMILES string of the molecule is C=C.COC(=O)C1=CC(O)CC1C(=O)NC1(C(=O)OC(C)(C)C)CC1. The van der Waals surface area contributed by atoms with Crippen molar-refractivity contribution in [1.82, 2.24) is 5.32 Å². The van der Waals surface area contributed by atoms with Crippen LogP contribution in [0, 0.1) is 5.92 Å². The van der Waals surface area contributed by atoms with Crippen LogP contribution < -0.4 is 5.32 Å². The molecule has 25 heavy (non-hydrogen) atoms. The Morgan fingerprint density at radius 2 is 1.84 bits per heavy atom. The zero-order valence-corrected chi connectivity index (χ0v) is 15.3. The van der Waals surface area contributed by atoms with E-state index in [-0.39, 0.29) is 12.0 Å². The molecule has 2 N–H and O–H groups in total. The number of carbonyl (C=O) groups is 3. The van der Waals surface area contributed by atoms with Crippen LogP contribution in [-0.4, -0.2) is 47.3 Å². The summed E-state index contributed by atoms with van der Waals surface area (Å²) in [5.41, 5.74) is -1.53. The zero-order chi connectivity index (χ0) is 19.4. The van der Waals surface area contributed by atoms with Crippen molar-refractivity contribution in [3.8, 4) is 0 Å². The van der Waals surface area contributed by atoms with E-state index >= 15 is 0 Å². The second-order valence-electron chi connectivity index (χ2n) is 7.04. The summed E-state index contributed by atoms with van der Waals surface area (Å²) in [4.78, 5) is 36.4. The van der Waals surface area contributed by atoms with E-state index in [0.29, 0.717) is 12.8 Å². The van der Waals surface area contributed by atoms with Crippen molar-refractivity contribution in [2.45, 2.75) is 57.3 Å². The van der Waals surface area contributed by atoms with Crippen LogP contribution in [0.4, 0.5) is 0 Å². The number of aliphatic hydroxyl groups excluding tert-OH is 1. The highest BCUT2D eigenvalue weighted by molar-refractivity contribution is 6.00. The molecular formula is C18H27NO6. The summed E-state index contributed by atoms with van der Waals surface area (Å²) in [6.45, 7) is 11.3. The Morgan fingerprint density at radius 3 is 2.28 bits per heavy atom. The number of hydrogen-bond acceptors (Lipinski definition) is 6. The molecule has 7 heteroatoms. The normalized spacial score (nSPS) is 23.5. The van der Waals surface area contributed by atoms with E-state index in [2.05, 4.69) is 23.2 Å². The fourth-order valence-electron chi connectivity index (χ4n) is 2.54. The molecule has 2 aliphatic carbocycles. The number of esters is 2. The number of hydrogen-bond donors (Lipinski definition) is 2. The molecule has 2 rings (SSSR count). The maximum absolute atomic E-state index is 12.5. The van der Waals surface area contributed by atoms with Crippen molar-refractivity contribution in [2.24, 2.45) is 5.92 Å². The van der Waals surface area contributed by atoms with Crippen molar-refractivity contribution in [2.75, 3.05) is 7.11 Å². The highest BCUT2D eigenvalue weighted by Crippen LogP contribution is 2.39. The number of ether oxygens (including phenoxy) is 2. The van der Waals surface area contributed by atoms with Crippen molar-refractivity contribution in [1.29, 1.82) is 0 Å². The molecule has 0 heterocycles. The maximum atomic E-state index is 12.5. The van der Waals surface area contributed by atoms with E-state index < -0.39 is 41.0 Å². The van der Waals surface area contributed by atoms with E-state index in [0.717, 1.165) is 0 Å². The summed E-state index contributed by atoms with van der Waals surface area (Å²) in [5, 5.41) is 12.4. The van der Waals surface area contributed by atoms with Gasteiger partial charge in [-0.05, 0) is 46.1 Å². The van der Waals surface area contributed by atoms with Gasteiger partial charge in [-0.1, -0.05) is 0 Å². The van der Waals surface area contributed by atoms with E-state index in [1.54, 1.807) is 20.8 Å². The van der Waals surface area contributed by atoms with Crippen LogP contribution in [0.3, 0.4) is 0 Å². The van der Waals surface area contributed by atoms with E-state index in [4.69, 9.17) is 4.74 Å². The first kappa shape index (κ1) is 20.9. The Bertz CT molecular complexity index is 571. The van der Waals surface area contributed by atoms with E-state index in [1.165, 1.54) is 13.2 Å². The molecule has 0 radical (unpaired) electrons. The quantitative estimate of drug-likeness (QED) is 0.583. The summed E-state index contributed by atoms with van der Waals surface area (Å²) in [5.74, 6) is -2.41. The lowest BCUT2D eigenvalue weighted by Crippen LogP contribution is -2.48. The molecule has 0 aliphatic heterocycles. The second kappa shape index (κ2) is 7.82. The van der Waals surface area contributed by atoms with Gasteiger partial charge in [-0.2, -0.15) is 0 Å². The van der Waals surface area contributed by atoms with Crippen LogP contribution >= 0.6 is 0 Å². The Hall–Kier alpha value is -2.15. The number of aliphatic hydroxyl groups is 1. The molecule has 0 bridgehead atoms. The standard InChI is InChI=1S/C16H23NO6.C2H4/c1-15(2,3)23-14(21)16(5-6-16)17-12(19)10-7-9(18)8-11(10)13(20)22-4;1-2/h8-10,18H,5-7H2,1-4H3,(H,17,19);1-2H2. The monoisotopic (exact) mass is 353 g/mol. The van der Waals surface area contributed by atoms with Gasteiger partial charge in [0.2, 0.25) is 5.91 Å². The Kier molecular flexibility index (Phi) is 6.54. The van der Waals surface area contributed by atoms with Gasteiger partial charge in [0.1, 0.15) is 11.1 Å². The molecule has 0 aromatic carbocycles. The molecule has 140 valence electrons. The van der Waals surface area contributed by atoms with Gasteiger partial charge < -0.3 is 19.9 Å². The predicted molar refractivity (Wildman–Crippen MR) is 91.4 cm³/mol. The molecule has 0 aromatic rings. The first-order valence-electron chi connectivity index (χ1n) is 8.11. The lowest BCUT2D eigenvalue weighted by atomic mass is 9.99. The smallest absolute Gasteiger partial charge is 0.334 e. The molecule has 2 aliphatic rings. The van der Waals surface area contributed by atoms with Gasteiger partial charge in [0, 0.05) is 5.57 Å². The molecular weight excluding hydrogens is 326 g/mol. The molecule has 0 spiro atoms. The molecule has 1 saturated carbocycles. The average molecular weight is 353 g/mol. The van der Waals surface area contributed by atoms with Crippen LogP contribution in [0.25, 0.3) is 0 Å². The first-order valence-corrected chi connectivity index (χ1v) is 8.11. The second-order valence-corrected chi connectivity index (χ2v) is 7.04. The largest absolute Gasteiger partial charge is 0.466 e. The predicted octanol–water partition coefficient (Wildman–Crippen LogP) is 1.26. The molecule has 7 nitrogen and oxygen atoms in total. The summed E-state index contributed by atoms with van der Waals surface area (Å²) in [7, 11) is 1.21. The average Bonchev–Trinajstić information content (AvgIpc) is 3.21. The number of amides is 1. The number of nitrogens with one attached hydrogen (secondary N) is 1. The Labute approximate surface area is 148 Å². The third-order valence-corrected chi connectivity index (χ3v) is 3.86. The minimum Gasteiger partial charge on any atom is -0.466 e. The number of rotatable bonds is 4. The molecule has 0 saturated heterocycles. The van der Waals surface area contributed by atoms with Crippen molar-refractivity contribution in [3.63, 3.8) is 0 Å². The van der Waals surface area contributed by atoms with Gasteiger partial charge in [0.25, 0.3) is 0 Å². The van der Waals surface area contributed by atoms with Crippen molar-refractivity contribution < 1.29 is 29.0 Å². The summed E-state index contributed by atoms with van der Waals surface area (Å²) in [6, 6.07) is 0. The fourth-order valence-corrected chi connectivity index (χ4v) is 2.54. The van der Waals surface area contributed by atoms with Crippen LogP contribution in [0.2, 0.25) is 0 Å². The summed E-state index contributed by atoms with van der Waals surface area (Å²) in [6.07, 6.45) is 1.54.